The molecule has 1 aliphatic rings. The number of aromatic nitrogens is 1. The molecule has 1 heterocycles. The number of pyridine rings is 1. The summed E-state index contributed by atoms with van der Waals surface area (Å²) in [6, 6.07) is 8.36. The highest BCUT2D eigenvalue weighted by Crippen LogP contribution is 2.31. The van der Waals surface area contributed by atoms with E-state index in [4.69, 9.17) is 0 Å². The first-order valence-corrected chi connectivity index (χ1v) is 7.37. The van der Waals surface area contributed by atoms with E-state index in [0.717, 1.165) is 29.0 Å². The normalized spacial score (nSPS) is 15.2. The van der Waals surface area contributed by atoms with Crippen LogP contribution in [0.25, 0.3) is 10.9 Å². The summed E-state index contributed by atoms with van der Waals surface area (Å²) < 4.78 is 1.12. The molecule has 94 valence electrons. The van der Waals surface area contributed by atoms with Crippen molar-refractivity contribution in [1.29, 1.82) is 0 Å². The zero-order valence-electron chi connectivity index (χ0n) is 10.3. The lowest BCUT2D eigenvalue weighted by Gasteiger charge is -2.08. The molecule has 0 saturated heterocycles. The number of benzene rings is 1. The minimum Gasteiger partial charge on any atom is -0.313 e. The number of hydrogen-bond donors (Lipinski definition) is 1. The smallest absolute Gasteiger partial charge is 0.0758 e. The second kappa shape index (κ2) is 5.37. The Morgan fingerprint density at radius 2 is 2.17 bits per heavy atom. The summed E-state index contributed by atoms with van der Waals surface area (Å²) in [5.74, 6) is 0.997. The molecule has 2 aromatic rings. The predicted molar refractivity (Wildman–Crippen MR) is 78.5 cm³/mol. The van der Waals surface area contributed by atoms with Crippen molar-refractivity contribution in [2.75, 3.05) is 6.54 Å². The van der Waals surface area contributed by atoms with Gasteiger partial charge in [0.2, 0.25) is 0 Å². The van der Waals surface area contributed by atoms with Crippen LogP contribution in [-0.2, 0) is 6.54 Å². The van der Waals surface area contributed by atoms with Crippen molar-refractivity contribution in [3.8, 4) is 0 Å². The van der Waals surface area contributed by atoms with E-state index in [9.17, 15) is 0 Å². The van der Waals surface area contributed by atoms with Gasteiger partial charge in [0.1, 0.15) is 0 Å². The molecule has 0 atom stereocenters. The summed E-state index contributed by atoms with van der Waals surface area (Å²) in [5, 5.41) is 4.72. The standard InChI is InChI=1S/C15H17BrN2/c16-14-6-5-12(10-17-9-7-11-3-4-11)15-13(14)2-1-8-18-15/h1-2,5-6,8,11,17H,3-4,7,9-10H2. The van der Waals surface area contributed by atoms with Crippen molar-refractivity contribution in [2.24, 2.45) is 5.92 Å². The van der Waals surface area contributed by atoms with Crippen molar-refractivity contribution >= 4 is 26.8 Å². The monoisotopic (exact) mass is 304 g/mol. The molecular formula is C15H17BrN2. The first kappa shape index (κ1) is 12.1. The van der Waals surface area contributed by atoms with E-state index >= 15 is 0 Å². The van der Waals surface area contributed by atoms with Gasteiger partial charge in [0.15, 0.2) is 0 Å². The first-order chi connectivity index (χ1) is 8.84. The summed E-state index contributed by atoms with van der Waals surface area (Å²) >= 11 is 3.58. The third kappa shape index (κ3) is 2.73. The topological polar surface area (TPSA) is 24.9 Å². The van der Waals surface area contributed by atoms with Gasteiger partial charge in [-0.05, 0) is 36.6 Å². The van der Waals surface area contributed by atoms with Crippen LogP contribution < -0.4 is 5.32 Å². The highest BCUT2D eigenvalue weighted by Gasteiger charge is 2.19. The number of nitrogens with zero attached hydrogens (tertiary/aromatic N) is 1. The molecule has 1 saturated carbocycles. The summed E-state index contributed by atoms with van der Waals surface area (Å²) in [6.45, 7) is 2.03. The molecule has 3 heteroatoms. The Bertz CT molecular complexity index is 549. The van der Waals surface area contributed by atoms with Crippen LogP contribution in [0.4, 0.5) is 0 Å². The number of rotatable bonds is 5. The van der Waals surface area contributed by atoms with Gasteiger partial charge in [0, 0.05) is 22.6 Å². The third-order valence-corrected chi connectivity index (χ3v) is 4.23. The number of fused-ring (bicyclic) bond motifs is 1. The van der Waals surface area contributed by atoms with E-state index in [1.165, 1.54) is 30.2 Å². The Kier molecular flexibility index (Phi) is 3.62. The molecule has 0 unspecified atom stereocenters. The Morgan fingerprint density at radius 1 is 1.28 bits per heavy atom. The molecule has 2 nitrogen and oxygen atoms in total. The SMILES string of the molecule is Brc1ccc(CNCCC2CC2)c2ncccc12. The van der Waals surface area contributed by atoms with Crippen LogP contribution in [0.15, 0.2) is 34.9 Å². The maximum Gasteiger partial charge on any atom is 0.0758 e. The van der Waals surface area contributed by atoms with Crippen LogP contribution in [0, 0.1) is 5.92 Å². The van der Waals surface area contributed by atoms with Crippen LogP contribution in [0.3, 0.4) is 0 Å². The van der Waals surface area contributed by atoms with Gasteiger partial charge in [0.05, 0.1) is 5.52 Å². The van der Waals surface area contributed by atoms with E-state index in [1.54, 1.807) is 0 Å². The maximum atomic E-state index is 4.50. The molecule has 1 aromatic carbocycles. The number of nitrogens with one attached hydrogen (secondary N) is 1. The molecule has 1 fully saturated rings. The molecule has 0 aliphatic heterocycles. The summed E-state index contributed by atoms with van der Waals surface area (Å²) in [7, 11) is 0. The fraction of sp³-hybridized carbons (Fsp3) is 0.400. The average Bonchev–Trinajstić information content (AvgIpc) is 3.21. The van der Waals surface area contributed by atoms with Crippen LogP contribution in [0.2, 0.25) is 0 Å². The van der Waals surface area contributed by atoms with Gasteiger partial charge >= 0.3 is 0 Å². The maximum absolute atomic E-state index is 4.50. The van der Waals surface area contributed by atoms with Crippen molar-refractivity contribution < 1.29 is 0 Å². The minimum atomic E-state index is 0.910. The van der Waals surface area contributed by atoms with Crippen LogP contribution >= 0.6 is 15.9 Å². The Hall–Kier alpha value is -0.930. The first-order valence-electron chi connectivity index (χ1n) is 6.57. The largest absolute Gasteiger partial charge is 0.313 e. The Morgan fingerprint density at radius 3 is 3.00 bits per heavy atom. The molecular weight excluding hydrogens is 288 g/mol. The molecule has 0 bridgehead atoms. The minimum absolute atomic E-state index is 0.910. The average molecular weight is 305 g/mol. The van der Waals surface area contributed by atoms with Gasteiger partial charge < -0.3 is 5.32 Å². The van der Waals surface area contributed by atoms with E-state index in [2.05, 4.69) is 44.4 Å². The van der Waals surface area contributed by atoms with Gasteiger partial charge in [0.25, 0.3) is 0 Å². The van der Waals surface area contributed by atoms with Gasteiger partial charge in [-0.15, -0.1) is 0 Å². The predicted octanol–water partition coefficient (Wildman–Crippen LogP) is 3.89. The quantitative estimate of drug-likeness (QED) is 0.848. The van der Waals surface area contributed by atoms with E-state index < -0.39 is 0 Å². The Labute approximate surface area is 116 Å². The Balaban J connectivity index is 1.72. The van der Waals surface area contributed by atoms with Gasteiger partial charge in [-0.2, -0.15) is 0 Å². The van der Waals surface area contributed by atoms with Crippen LogP contribution in [0.5, 0.6) is 0 Å². The number of halogens is 1. The van der Waals surface area contributed by atoms with Crippen molar-refractivity contribution in [1.82, 2.24) is 10.3 Å². The van der Waals surface area contributed by atoms with E-state index in [-0.39, 0.29) is 0 Å². The highest BCUT2D eigenvalue weighted by molar-refractivity contribution is 9.10. The molecule has 18 heavy (non-hydrogen) atoms. The lowest BCUT2D eigenvalue weighted by atomic mass is 10.1. The fourth-order valence-electron chi connectivity index (χ4n) is 2.27. The van der Waals surface area contributed by atoms with Gasteiger partial charge in [-0.25, -0.2) is 0 Å². The number of hydrogen-bond acceptors (Lipinski definition) is 2. The van der Waals surface area contributed by atoms with Gasteiger partial charge in [-0.3, -0.25) is 4.98 Å². The summed E-state index contributed by atoms with van der Waals surface area (Å²) in [6.07, 6.45) is 6.05. The van der Waals surface area contributed by atoms with E-state index in [0.29, 0.717) is 0 Å². The zero-order valence-corrected chi connectivity index (χ0v) is 11.9. The third-order valence-electron chi connectivity index (χ3n) is 3.54. The fourth-order valence-corrected chi connectivity index (χ4v) is 2.73. The molecule has 1 aromatic heterocycles. The van der Waals surface area contributed by atoms with E-state index in [1.807, 2.05) is 12.3 Å². The lowest BCUT2D eigenvalue weighted by Crippen LogP contribution is -2.15. The highest BCUT2D eigenvalue weighted by atomic mass is 79.9. The molecule has 3 rings (SSSR count). The molecule has 1 N–H and O–H groups in total. The van der Waals surface area contributed by atoms with Crippen LogP contribution in [-0.4, -0.2) is 11.5 Å². The lowest BCUT2D eigenvalue weighted by molar-refractivity contribution is 0.614. The van der Waals surface area contributed by atoms with Gasteiger partial charge in [-0.1, -0.05) is 40.9 Å². The molecule has 0 radical (unpaired) electrons. The summed E-state index contributed by atoms with van der Waals surface area (Å²) in [5.41, 5.74) is 2.38. The molecule has 0 amide bonds. The summed E-state index contributed by atoms with van der Waals surface area (Å²) in [4.78, 5) is 4.50. The van der Waals surface area contributed by atoms with Crippen LogP contribution in [0.1, 0.15) is 24.8 Å². The van der Waals surface area contributed by atoms with Crippen molar-refractivity contribution in [2.45, 2.75) is 25.8 Å². The second-order valence-electron chi connectivity index (χ2n) is 5.01. The molecule has 1 aliphatic carbocycles. The van der Waals surface area contributed by atoms with Crippen molar-refractivity contribution in [3.05, 3.63) is 40.5 Å². The molecule has 0 spiro atoms. The second-order valence-corrected chi connectivity index (χ2v) is 5.87. The zero-order chi connectivity index (χ0) is 12.4. The van der Waals surface area contributed by atoms with Crippen molar-refractivity contribution in [3.63, 3.8) is 0 Å².